The summed E-state index contributed by atoms with van der Waals surface area (Å²) in [5.41, 5.74) is 2.13. The van der Waals surface area contributed by atoms with Crippen LogP contribution in [0.15, 0.2) is 48.5 Å². The monoisotopic (exact) mass is 365 g/mol. The number of carbonyl (C=O) groups excluding carboxylic acids is 2. The van der Waals surface area contributed by atoms with Crippen LogP contribution in [0.2, 0.25) is 0 Å². The van der Waals surface area contributed by atoms with Gasteiger partial charge in [0.1, 0.15) is 12.7 Å². The van der Waals surface area contributed by atoms with Crippen molar-refractivity contribution in [2.75, 3.05) is 25.6 Å². The summed E-state index contributed by atoms with van der Waals surface area (Å²) in [5.74, 6) is -0.463. The molecule has 0 radical (unpaired) electrons. The van der Waals surface area contributed by atoms with Gasteiger partial charge in [0.25, 0.3) is 5.91 Å². The van der Waals surface area contributed by atoms with Crippen LogP contribution in [0.4, 0.5) is 5.69 Å². The summed E-state index contributed by atoms with van der Waals surface area (Å²) in [5, 5.41) is 22.1. The normalized spacial score (nSPS) is 17.9. The Labute approximate surface area is 156 Å². The summed E-state index contributed by atoms with van der Waals surface area (Å²) >= 11 is 0. The number of carbonyl (C=O) groups is 2. The van der Waals surface area contributed by atoms with E-state index in [-0.39, 0.29) is 25.0 Å². The number of rotatable bonds is 4. The lowest BCUT2D eigenvalue weighted by molar-refractivity contribution is -0.151. The number of nitriles is 1. The SMILES string of the molecule is CN1C(=O)COC[C@@H]1[C@H](O)c1ccc(NC(=O)c2ccc(C#N)cc2)cc1. The molecular formula is C20H19N3O4. The number of hydrogen-bond acceptors (Lipinski definition) is 5. The van der Waals surface area contributed by atoms with Crippen molar-refractivity contribution >= 4 is 17.5 Å². The molecule has 2 aromatic rings. The number of aliphatic hydroxyl groups excluding tert-OH is 1. The topological polar surface area (TPSA) is 103 Å². The van der Waals surface area contributed by atoms with E-state index in [1.165, 1.54) is 4.90 Å². The van der Waals surface area contributed by atoms with Crippen LogP contribution in [0.5, 0.6) is 0 Å². The standard InChI is InChI=1S/C20H19N3O4/c1-23-17(11-27-12-18(23)24)19(25)14-6-8-16(9-7-14)22-20(26)15-4-2-13(10-21)3-5-15/h2-9,17,19,25H,11-12H2,1H3,(H,22,26)/t17-,19-/m1/s1. The van der Waals surface area contributed by atoms with Crippen molar-refractivity contribution < 1.29 is 19.4 Å². The zero-order valence-corrected chi connectivity index (χ0v) is 14.8. The number of morpholine rings is 1. The van der Waals surface area contributed by atoms with Gasteiger partial charge in [-0.1, -0.05) is 12.1 Å². The van der Waals surface area contributed by atoms with E-state index in [0.29, 0.717) is 22.4 Å². The number of nitrogens with one attached hydrogen (secondary N) is 1. The Hall–Kier alpha value is -3.21. The zero-order valence-electron chi connectivity index (χ0n) is 14.8. The molecule has 27 heavy (non-hydrogen) atoms. The highest BCUT2D eigenvalue weighted by Crippen LogP contribution is 2.24. The maximum atomic E-state index is 12.3. The van der Waals surface area contributed by atoms with Crippen LogP contribution in [-0.4, -0.2) is 48.1 Å². The lowest BCUT2D eigenvalue weighted by Gasteiger charge is -2.35. The van der Waals surface area contributed by atoms with Gasteiger partial charge in [-0.2, -0.15) is 5.26 Å². The van der Waals surface area contributed by atoms with E-state index >= 15 is 0 Å². The van der Waals surface area contributed by atoms with Gasteiger partial charge in [0, 0.05) is 18.3 Å². The minimum atomic E-state index is -0.887. The fraction of sp³-hybridized carbons (Fsp3) is 0.250. The van der Waals surface area contributed by atoms with Crippen LogP contribution >= 0.6 is 0 Å². The second kappa shape index (κ2) is 7.99. The molecule has 0 bridgehead atoms. The summed E-state index contributed by atoms with van der Waals surface area (Å²) in [6.45, 7) is 0.292. The zero-order chi connectivity index (χ0) is 19.4. The molecule has 3 rings (SSSR count). The van der Waals surface area contributed by atoms with E-state index in [0.717, 1.165) is 0 Å². The predicted molar refractivity (Wildman–Crippen MR) is 97.9 cm³/mol. The predicted octanol–water partition coefficient (Wildman–Crippen LogP) is 1.70. The second-order valence-electron chi connectivity index (χ2n) is 6.30. The summed E-state index contributed by atoms with van der Waals surface area (Å²) in [6.07, 6.45) is -0.887. The van der Waals surface area contributed by atoms with Crippen molar-refractivity contribution in [3.8, 4) is 6.07 Å². The van der Waals surface area contributed by atoms with Crippen molar-refractivity contribution in [3.05, 3.63) is 65.2 Å². The lowest BCUT2D eigenvalue weighted by Crippen LogP contribution is -2.49. The molecule has 0 saturated carbocycles. The number of likely N-dealkylation sites (N-methyl/N-ethyl adjacent to an activating group) is 1. The fourth-order valence-corrected chi connectivity index (χ4v) is 2.85. The molecule has 1 heterocycles. The van der Waals surface area contributed by atoms with Gasteiger partial charge in [0.2, 0.25) is 5.91 Å². The summed E-state index contributed by atoms with van der Waals surface area (Å²) in [4.78, 5) is 25.5. The molecule has 1 fully saturated rings. The van der Waals surface area contributed by atoms with Gasteiger partial charge >= 0.3 is 0 Å². The smallest absolute Gasteiger partial charge is 0.255 e. The third-order valence-electron chi connectivity index (χ3n) is 4.56. The minimum Gasteiger partial charge on any atom is -0.386 e. The van der Waals surface area contributed by atoms with Crippen molar-refractivity contribution in [1.82, 2.24) is 4.90 Å². The first kappa shape index (κ1) is 18.6. The molecule has 7 nitrogen and oxygen atoms in total. The van der Waals surface area contributed by atoms with Gasteiger partial charge < -0.3 is 20.1 Å². The maximum absolute atomic E-state index is 12.3. The maximum Gasteiger partial charge on any atom is 0.255 e. The number of amides is 2. The molecule has 0 spiro atoms. The molecule has 7 heteroatoms. The minimum absolute atomic E-state index is 0.0278. The number of aliphatic hydroxyl groups is 1. The van der Waals surface area contributed by atoms with E-state index in [1.54, 1.807) is 55.6 Å². The third-order valence-corrected chi connectivity index (χ3v) is 4.56. The summed E-state index contributed by atoms with van der Waals surface area (Å²) < 4.78 is 5.22. The number of ether oxygens (including phenoxy) is 1. The Bertz CT molecular complexity index is 872. The van der Waals surface area contributed by atoms with Gasteiger partial charge in [-0.3, -0.25) is 9.59 Å². The van der Waals surface area contributed by atoms with E-state index in [9.17, 15) is 14.7 Å². The molecule has 2 N–H and O–H groups in total. The molecular weight excluding hydrogens is 346 g/mol. The second-order valence-corrected chi connectivity index (χ2v) is 6.30. The van der Waals surface area contributed by atoms with Crippen LogP contribution in [0, 0.1) is 11.3 Å². The van der Waals surface area contributed by atoms with Gasteiger partial charge in [0.05, 0.1) is 24.3 Å². The number of anilines is 1. The third kappa shape index (κ3) is 4.14. The number of hydrogen-bond donors (Lipinski definition) is 2. The fourth-order valence-electron chi connectivity index (χ4n) is 2.85. The average molecular weight is 365 g/mol. The Morgan fingerprint density at radius 1 is 1.26 bits per heavy atom. The molecule has 2 aromatic carbocycles. The summed E-state index contributed by atoms with van der Waals surface area (Å²) in [6, 6.07) is 14.7. The quantitative estimate of drug-likeness (QED) is 0.858. The Morgan fingerprint density at radius 3 is 2.56 bits per heavy atom. The highest BCUT2D eigenvalue weighted by molar-refractivity contribution is 6.04. The van der Waals surface area contributed by atoms with E-state index in [1.807, 2.05) is 6.07 Å². The first-order chi connectivity index (χ1) is 13.0. The number of benzene rings is 2. The van der Waals surface area contributed by atoms with Gasteiger partial charge in [-0.05, 0) is 42.0 Å². The van der Waals surface area contributed by atoms with E-state index in [2.05, 4.69) is 5.32 Å². The van der Waals surface area contributed by atoms with Crippen molar-refractivity contribution in [2.24, 2.45) is 0 Å². The highest BCUT2D eigenvalue weighted by Gasteiger charge is 2.32. The molecule has 1 saturated heterocycles. The molecule has 0 aliphatic carbocycles. The van der Waals surface area contributed by atoms with Gasteiger partial charge in [-0.15, -0.1) is 0 Å². The first-order valence-electron chi connectivity index (χ1n) is 8.42. The molecule has 1 aliphatic heterocycles. The van der Waals surface area contributed by atoms with Crippen LogP contribution in [0.1, 0.15) is 27.6 Å². The molecule has 2 amide bonds. The van der Waals surface area contributed by atoms with Crippen LogP contribution in [-0.2, 0) is 9.53 Å². The summed E-state index contributed by atoms with van der Waals surface area (Å²) in [7, 11) is 1.64. The van der Waals surface area contributed by atoms with Crippen LogP contribution in [0.3, 0.4) is 0 Å². The van der Waals surface area contributed by atoms with E-state index < -0.39 is 12.1 Å². The van der Waals surface area contributed by atoms with Gasteiger partial charge in [-0.25, -0.2) is 0 Å². The highest BCUT2D eigenvalue weighted by atomic mass is 16.5. The molecule has 1 aliphatic rings. The first-order valence-corrected chi connectivity index (χ1v) is 8.42. The van der Waals surface area contributed by atoms with Crippen molar-refractivity contribution in [3.63, 3.8) is 0 Å². The average Bonchev–Trinajstić information content (AvgIpc) is 2.70. The van der Waals surface area contributed by atoms with E-state index in [4.69, 9.17) is 10.00 Å². The van der Waals surface area contributed by atoms with Crippen molar-refractivity contribution in [1.29, 1.82) is 5.26 Å². The molecule has 0 aromatic heterocycles. The van der Waals surface area contributed by atoms with Crippen molar-refractivity contribution in [2.45, 2.75) is 12.1 Å². The molecule has 138 valence electrons. The largest absolute Gasteiger partial charge is 0.386 e. The van der Waals surface area contributed by atoms with Crippen LogP contribution < -0.4 is 5.32 Å². The number of nitrogens with zero attached hydrogens (tertiary/aromatic N) is 2. The molecule has 2 atom stereocenters. The Morgan fingerprint density at radius 2 is 1.93 bits per heavy atom. The van der Waals surface area contributed by atoms with Gasteiger partial charge in [0.15, 0.2) is 0 Å². The lowest BCUT2D eigenvalue weighted by atomic mass is 10.0. The van der Waals surface area contributed by atoms with Crippen LogP contribution in [0.25, 0.3) is 0 Å². The Kier molecular flexibility index (Phi) is 5.50. The Balaban J connectivity index is 1.66. The molecule has 0 unspecified atom stereocenters.